The van der Waals surface area contributed by atoms with Gasteiger partial charge in [-0.3, -0.25) is 4.79 Å². The third-order valence-corrected chi connectivity index (χ3v) is 16.7. The van der Waals surface area contributed by atoms with Gasteiger partial charge in [-0.05, 0) is 96.3 Å². The molecule has 0 aromatic carbocycles. The van der Waals surface area contributed by atoms with Crippen molar-refractivity contribution in [3.8, 4) is 0 Å². The Kier molecular flexibility index (Phi) is 57.1. The first-order chi connectivity index (χ1) is 40.7. The van der Waals surface area contributed by atoms with E-state index < -0.39 is 74.2 Å². The fraction of sp³-hybridized carbons (Fsp3) is 0.847. The highest BCUT2D eigenvalue weighted by Crippen LogP contribution is 2.24. The van der Waals surface area contributed by atoms with Gasteiger partial charge in [0.1, 0.15) is 36.6 Å². The van der Waals surface area contributed by atoms with Crippen LogP contribution in [-0.2, 0) is 14.3 Å². The van der Waals surface area contributed by atoms with Crippen molar-refractivity contribution in [3.63, 3.8) is 0 Å². The van der Waals surface area contributed by atoms with Gasteiger partial charge in [0.15, 0.2) is 6.29 Å². The smallest absolute Gasteiger partial charge is 0.249 e. The van der Waals surface area contributed by atoms with E-state index >= 15 is 0 Å². The van der Waals surface area contributed by atoms with E-state index in [0.29, 0.717) is 19.3 Å². The quantitative estimate of drug-likeness (QED) is 0.0215. The van der Waals surface area contributed by atoms with Crippen molar-refractivity contribution >= 4 is 5.91 Å². The Hall–Kier alpha value is -2.19. The third kappa shape index (κ3) is 47.5. The van der Waals surface area contributed by atoms with Crippen LogP contribution in [0.1, 0.15) is 322 Å². The average Bonchev–Trinajstić information content (AvgIpc) is 3.65. The van der Waals surface area contributed by atoms with Gasteiger partial charge in [0, 0.05) is 0 Å². The Balaban J connectivity index is 2.16. The van der Waals surface area contributed by atoms with Gasteiger partial charge < -0.3 is 50.5 Å². The molecule has 8 N–H and O–H groups in total. The zero-order valence-corrected chi connectivity index (χ0v) is 53.7. The molecular weight excluding hydrogens is 1040 g/mol. The first-order valence-electron chi connectivity index (χ1n) is 35.2. The van der Waals surface area contributed by atoms with Crippen LogP contribution in [0.15, 0.2) is 60.8 Å². The Morgan fingerprint density at radius 2 is 0.759 bits per heavy atom. The summed E-state index contributed by atoms with van der Waals surface area (Å²) in [6.45, 7) is 3.45. The minimum absolute atomic E-state index is 0.240. The number of carbonyl (C=O) groups excluding carboxylic acids is 1. The van der Waals surface area contributed by atoms with Gasteiger partial charge >= 0.3 is 0 Å². The highest BCUT2D eigenvalue weighted by atomic mass is 16.7. The van der Waals surface area contributed by atoms with Gasteiger partial charge in [-0.1, -0.05) is 286 Å². The molecule has 1 amide bonds. The van der Waals surface area contributed by atoms with E-state index in [1.165, 1.54) is 225 Å². The van der Waals surface area contributed by atoms with Crippen molar-refractivity contribution in [1.29, 1.82) is 0 Å². The molecule has 0 aromatic rings. The number of amides is 1. The maximum Gasteiger partial charge on any atom is 0.249 e. The lowest BCUT2D eigenvalue weighted by molar-refractivity contribution is -0.303. The zero-order valence-electron chi connectivity index (χ0n) is 53.7. The summed E-state index contributed by atoms with van der Waals surface area (Å²) >= 11 is 0. The van der Waals surface area contributed by atoms with Gasteiger partial charge in [0.25, 0.3) is 0 Å². The molecule has 486 valence electrons. The van der Waals surface area contributed by atoms with Crippen molar-refractivity contribution in [2.24, 2.45) is 0 Å². The van der Waals surface area contributed by atoms with Gasteiger partial charge in [0.2, 0.25) is 5.91 Å². The number of hydrogen-bond acceptors (Lipinski definition) is 10. The van der Waals surface area contributed by atoms with Crippen molar-refractivity contribution < 1.29 is 50.0 Å². The Labute approximate surface area is 510 Å². The van der Waals surface area contributed by atoms with Gasteiger partial charge in [-0.15, -0.1) is 0 Å². The lowest BCUT2D eigenvalue weighted by Crippen LogP contribution is -2.60. The Bertz CT molecular complexity index is 1530. The maximum atomic E-state index is 13.2. The first-order valence-corrected chi connectivity index (χ1v) is 35.2. The molecule has 0 saturated carbocycles. The minimum Gasteiger partial charge on any atom is -0.394 e. The van der Waals surface area contributed by atoms with E-state index in [0.717, 1.165) is 51.4 Å². The molecule has 1 saturated heterocycles. The van der Waals surface area contributed by atoms with E-state index in [1.54, 1.807) is 0 Å². The first kappa shape index (κ1) is 78.8. The van der Waals surface area contributed by atoms with Crippen LogP contribution in [0.4, 0.5) is 0 Å². The van der Waals surface area contributed by atoms with Crippen molar-refractivity contribution in [1.82, 2.24) is 5.32 Å². The van der Waals surface area contributed by atoms with E-state index in [1.807, 2.05) is 0 Å². The van der Waals surface area contributed by atoms with E-state index in [-0.39, 0.29) is 12.8 Å². The second-order valence-electron chi connectivity index (χ2n) is 24.6. The summed E-state index contributed by atoms with van der Waals surface area (Å²) in [6.07, 6.45) is 68.9. The molecule has 83 heavy (non-hydrogen) atoms. The lowest BCUT2D eigenvalue weighted by atomic mass is 9.98. The molecule has 0 aliphatic carbocycles. The number of hydrogen-bond donors (Lipinski definition) is 8. The fourth-order valence-electron chi connectivity index (χ4n) is 11.1. The van der Waals surface area contributed by atoms with Gasteiger partial charge in [-0.2, -0.15) is 0 Å². The molecular formula is C72H133NO10. The van der Waals surface area contributed by atoms with E-state index in [9.17, 15) is 40.5 Å². The average molecular weight is 1170 g/mol. The summed E-state index contributed by atoms with van der Waals surface area (Å²) in [7, 11) is 0. The lowest BCUT2D eigenvalue weighted by Gasteiger charge is -2.40. The second kappa shape index (κ2) is 60.1. The largest absolute Gasteiger partial charge is 0.394 e. The summed E-state index contributed by atoms with van der Waals surface area (Å²) < 4.78 is 11.2. The second-order valence-corrected chi connectivity index (χ2v) is 24.6. The van der Waals surface area contributed by atoms with E-state index in [2.05, 4.69) is 79.9 Å². The molecule has 0 bridgehead atoms. The predicted octanol–water partition coefficient (Wildman–Crippen LogP) is 16.9. The van der Waals surface area contributed by atoms with Crippen molar-refractivity contribution in [2.45, 2.75) is 377 Å². The molecule has 0 radical (unpaired) electrons. The molecule has 1 fully saturated rings. The Morgan fingerprint density at radius 3 is 1.14 bits per heavy atom. The number of aliphatic hydroxyl groups excluding tert-OH is 7. The molecule has 0 aromatic heterocycles. The topological polar surface area (TPSA) is 189 Å². The van der Waals surface area contributed by atoms with Crippen LogP contribution in [0, 0.1) is 0 Å². The molecule has 1 aliphatic rings. The molecule has 11 heteroatoms. The molecule has 9 atom stereocenters. The number of ether oxygens (including phenoxy) is 2. The monoisotopic (exact) mass is 1170 g/mol. The fourth-order valence-corrected chi connectivity index (χ4v) is 11.1. The number of allylic oxidation sites excluding steroid dienone is 10. The SMILES string of the molecule is CCCCCCC/C=C/CC/C=C/CC/C=C/CCCC(O)C(O)C(COC1OC(CO)C(O)C(O)C1O)NC(=O)C(O)CCCCCCCCCCCCCCCCCC/C=C\C/C=C\CCCCCCCCCCCCCCCCC. The van der Waals surface area contributed by atoms with Crippen LogP contribution >= 0.6 is 0 Å². The van der Waals surface area contributed by atoms with E-state index in [4.69, 9.17) is 9.47 Å². The predicted molar refractivity (Wildman–Crippen MR) is 348 cm³/mol. The minimum atomic E-state index is -1.68. The summed E-state index contributed by atoms with van der Waals surface area (Å²) in [5.74, 6) is -0.710. The molecule has 0 spiro atoms. The zero-order chi connectivity index (χ0) is 60.3. The van der Waals surface area contributed by atoms with Crippen molar-refractivity contribution in [2.75, 3.05) is 13.2 Å². The summed E-state index contributed by atoms with van der Waals surface area (Å²) in [4.78, 5) is 13.2. The molecule has 1 heterocycles. The number of nitrogens with one attached hydrogen (secondary N) is 1. The number of aliphatic hydroxyl groups is 7. The number of rotatable bonds is 61. The summed E-state index contributed by atoms with van der Waals surface area (Å²) in [6, 6.07) is -1.20. The standard InChI is InChI=1S/C72H133NO10/c1-3-5-7-9-11-13-15-17-19-21-23-24-25-26-27-28-29-30-31-32-33-34-35-36-37-38-39-40-41-42-44-46-48-50-52-54-56-58-60-65(76)71(81)73-63(62-82-72-70(80)69(79)68(78)66(61-74)83-72)67(77)64(75)59-57-55-53-51-49-47-45-43-22-20-18-16-14-12-10-8-6-4-2/h16,18,29-30,32-33,43,45,51,53,63-70,72,74-80H,3-15,17,19-28,31,34-42,44,46-50,52,54-62H2,1-2H3,(H,73,81)/b18-16+,30-29-,33-32-,45-43+,53-51+. The summed E-state index contributed by atoms with van der Waals surface area (Å²) in [5.41, 5.74) is 0. The van der Waals surface area contributed by atoms with Crippen molar-refractivity contribution in [3.05, 3.63) is 60.8 Å². The highest BCUT2D eigenvalue weighted by molar-refractivity contribution is 5.80. The maximum absolute atomic E-state index is 13.2. The highest BCUT2D eigenvalue weighted by Gasteiger charge is 2.44. The normalized spacial score (nSPS) is 19.4. The number of carbonyl (C=O) groups is 1. The van der Waals surface area contributed by atoms with Crippen LogP contribution < -0.4 is 5.32 Å². The van der Waals surface area contributed by atoms with Crippen LogP contribution in [0.3, 0.4) is 0 Å². The molecule has 1 rings (SSSR count). The van der Waals surface area contributed by atoms with Crippen LogP contribution in [-0.4, -0.2) is 110 Å². The number of unbranched alkanes of at least 4 members (excludes halogenated alkanes) is 39. The van der Waals surface area contributed by atoms with Crippen LogP contribution in [0.2, 0.25) is 0 Å². The van der Waals surface area contributed by atoms with Crippen LogP contribution in [0.25, 0.3) is 0 Å². The molecule has 1 aliphatic heterocycles. The van der Waals surface area contributed by atoms with Gasteiger partial charge in [0.05, 0.1) is 25.4 Å². The van der Waals surface area contributed by atoms with Gasteiger partial charge in [-0.25, -0.2) is 0 Å². The van der Waals surface area contributed by atoms with Crippen LogP contribution in [0.5, 0.6) is 0 Å². The molecule has 11 nitrogen and oxygen atoms in total. The summed E-state index contributed by atoms with van der Waals surface area (Å²) in [5, 5.41) is 76.3. The Morgan fingerprint density at radius 1 is 0.422 bits per heavy atom. The molecule has 9 unspecified atom stereocenters. The third-order valence-electron chi connectivity index (χ3n) is 16.7.